The minimum Gasteiger partial charge on any atom is -0.386 e. The Bertz CT molecular complexity index is 705. The fraction of sp³-hybridized carbons (Fsp3) is 0.409. The number of benzene rings is 2. The number of halogens is 1. The van der Waals surface area contributed by atoms with Crippen molar-refractivity contribution in [1.82, 2.24) is 4.90 Å². The highest BCUT2D eigenvalue weighted by Crippen LogP contribution is 2.24. The number of carbonyl (C=O) groups excluding carboxylic acids is 1. The van der Waals surface area contributed by atoms with E-state index in [1.165, 1.54) is 12.1 Å². The molecule has 2 aromatic carbocycles. The maximum absolute atomic E-state index is 13.1. The van der Waals surface area contributed by atoms with Gasteiger partial charge in [-0.05, 0) is 43.0 Å². The predicted molar refractivity (Wildman–Crippen MR) is 104 cm³/mol. The highest BCUT2D eigenvalue weighted by atomic mass is 19.1. The molecule has 27 heavy (non-hydrogen) atoms. The zero-order valence-corrected chi connectivity index (χ0v) is 16.1. The molecule has 0 radical (unpaired) electrons. The molecule has 3 atom stereocenters. The van der Waals surface area contributed by atoms with E-state index in [2.05, 4.69) is 0 Å². The van der Waals surface area contributed by atoms with E-state index in [9.17, 15) is 14.3 Å². The molecular formula is C22H28FNO3. The summed E-state index contributed by atoms with van der Waals surface area (Å²) >= 11 is 0. The topological polar surface area (TPSA) is 49.8 Å². The van der Waals surface area contributed by atoms with Crippen LogP contribution in [0.2, 0.25) is 0 Å². The normalized spacial score (nSPS) is 14.4. The fourth-order valence-corrected chi connectivity index (χ4v) is 3.08. The maximum atomic E-state index is 13.1. The summed E-state index contributed by atoms with van der Waals surface area (Å²) in [6.07, 6.45) is 0.774. The monoisotopic (exact) mass is 373 g/mol. The fourth-order valence-electron chi connectivity index (χ4n) is 3.08. The van der Waals surface area contributed by atoms with Gasteiger partial charge in [0.1, 0.15) is 5.82 Å². The standard InChI is InChI=1S/C22H28FNO3/c1-16(22(26)18-8-5-4-6-9-18)24(2)21(25)11-7-10-20(27-3)17-12-14-19(23)15-13-17/h4-6,8-9,12-16,20,22,26H,7,10-11H2,1-3H3/t16-,20-,22?/m0/s1. The first-order chi connectivity index (χ1) is 12.9. The number of hydrogen-bond donors (Lipinski definition) is 1. The molecule has 1 N–H and O–H groups in total. The van der Waals surface area contributed by atoms with Gasteiger partial charge in [-0.25, -0.2) is 4.39 Å². The molecular weight excluding hydrogens is 345 g/mol. The third-order valence-corrected chi connectivity index (χ3v) is 4.99. The number of aliphatic hydroxyl groups is 1. The van der Waals surface area contributed by atoms with E-state index in [1.807, 2.05) is 37.3 Å². The lowest BCUT2D eigenvalue weighted by Crippen LogP contribution is -2.39. The van der Waals surface area contributed by atoms with Gasteiger partial charge in [0.05, 0.1) is 18.2 Å². The lowest BCUT2D eigenvalue weighted by atomic mass is 10.0. The summed E-state index contributed by atoms with van der Waals surface area (Å²) in [6.45, 7) is 1.84. The largest absolute Gasteiger partial charge is 0.386 e. The van der Waals surface area contributed by atoms with Crippen molar-refractivity contribution in [1.29, 1.82) is 0 Å². The van der Waals surface area contributed by atoms with Crippen LogP contribution >= 0.6 is 0 Å². The van der Waals surface area contributed by atoms with Gasteiger partial charge in [-0.1, -0.05) is 42.5 Å². The highest BCUT2D eigenvalue weighted by Gasteiger charge is 2.24. The SMILES string of the molecule is CO[C@@H](CCCC(=O)N(C)[C@@H](C)C(O)c1ccccc1)c1ccc(F)cc1. The number of rotatable bonds is 9. The van der Waals surface area contributed by atoms with Crippen molar-refractivity contribution in [2.75, 3.05) is 14.2 Å². The van der Waals surface area contributed by atoms with Gasteiger partial charge in [-0.2, -0.15) is 0 Å². The summed E-state index contributed by atoms with van der Waals surface area (Å²) in [5.74, 6) is -0.303. The Kier molecular flexibility index (Phi) is 7.95. The van der Waals surface area contributed by atoms with Gasteiger partial charge in [0.25, 0.3) is 0 Å². The second-order valence-corrected chi connectivity index (χ2v) is 6.77. The third-order valence-electron chi connectivity index (χ3n) is 4.99. The van der Waals surface area contributed by atoms with E-state index in [4.69, 9.17) is 4.74 Å². The van der Waals surface area contributed by atoms with Gasteiger partial charge in [0.15, 0.2) is 0 Å². The summed E-state index contributed by atoms with van der Waals surface area (Å²) < 4.78 is 18.5. The van der Waals surface area contributed by atoms with Crippen LogP contribution in [0.15, 0.2) is 54.6 Å². The molecule has 0 saturated carbocycles. The number of aliphatic hydroxyl groups excluding tert-OH is 1. The molecule has 0 fully saturated rings. The molecule has 4 nitrogen and oxygen atoms in total. The molecule has 1 unspecified atom stereocenters. The summed E-state index contributed by atoms with van der Waals surface area (Å²) in [5, 5.41) is 10.5. The van der Waals surface area contributed by atoms with Crippen molar-refractivity contribution in [3.05, 3.63) is 71.5 Å². The highest BCUT2D eigenvalue weighted by molar-refractivity contribution is 5.76. The molecule has 0 bridgehead atoms. The first-order valence-electron chi connectivity index (χ1n) is 9.21. The van der Waals surface area contributed by atoms with E-state index >= 15 is 0 Å². The third kappa shape index (κ3) is 5.88. The van der Waals surface area contributed by atoms with E-state index in [0.29, 0.717) is 19.3 Å². The Balaban J connectivity index is 1.85. The van der Waals surface area contributed by atoms with Crippen molar-refractivity contribution in [2.24, 2.45) is 0 Å². The second-order valence-electron chi connectivity index (χ2n) is 6.77. The Morgan fingerprint density at radius 3 is 2.33 bits per heavy atom. The average molecular weight is 373 g/mol. The number of hydrogen-bond acceptors (Lipinski definition) is 3. The van der Waals surface area contributed by atoms with Gasteiger partial charge in [-0.3, -0.25) is 4.79 Å². The van der Waals surface area contributed by atoms with Crippen LogP contribution in [0.1, 0.15) is 49.5 Å². The Labute approximate surface area is 160 Å². The molecule has 146 valence electrons. The number of ether oxygens (including phenoxy) is 1. The summed E-state index contributed by atoms with van der Waals surface area (Å²) in [7, 11) is 3.33. The Morgan fingerprint density at radius 1 is 1.11 bits per heavy atom. The van der Waals surface area contributed by atoms with Crippen molar-refractivity contribution in [2.45, 2.75) is 44.4 Å². The van der Waals surface area contributed by atoms with E-state index in [1.54, 1.807) is 31.2 Å². The maximum Gasteiger partial charge on any atom is 0.222 e. The van der Waals surface area contributed by atoms with Gasteiger partial charge in [0, 0.05) is 20.6 Å². The molecule has 1 amide bonds. The van der Waals surface area contributed by atoms with Gasteiger partial charge >= 0.3 is 0 Å². The second kappa shape index (κ2) is 10.2. The number of methoxy groups -OCH3 is 1. The zero-order valence-electron chi connectivity index (χ0n) is 16.1. The predicted octanol–water partition coefficient (Wildman–Crippen LogP) is 4.26. The van der Waals surface area contributed by atoms with Gasteiger partial charge < -0.3 is 14.7 Å². The van der Waals surface area contributed by atoms with Crippen LogP contribution in [0, 0.1) is 5.82 Å². The molecule has 0 saturated heterocycles. The molecule has 5 heteroatoms. The lowest BCUT2D eigenvalue weighted by Gasteiger charge is -2.29. The van der Waals surface area contributed by atoms with E-state index < -0.39 is 6.10 Å². The number of amides is 1. The van der Waals surface area contributed by atoms with Gasteiger partial charge in [0.2, 0.25) is 5.91 Å². The van der Waals surface area contributed by atoms with Crippen LogP contribution in [0.4, 0.5) is 4.39 Å². The van der Waals surface area contributed by atoms with Crippen LogP contribution in [0.3, 0.4) is 0 Å². The van der Waals surface area contributed by atoms with Crippen LogP contribution in [0.25, 0.3) is 0 Å². The first-order valence-corrected chi connectivity index (χ1v) is 9.21. The van der Waals surface area contributed by atoms with Gasteiger partial charge in [-0.15, -0.1) is 0 Å². The molecule has 0 aliphatic carbocycles. The summed E-state index contributed by atoms with van der Waals surface area (Å²) in [4.78, 5) is 14.1. The molecule has 0 spiro atoms. The molecule has 0 heterocycles. The molecule has 2 aromatic rings. The molecule has 0 aliphatic rings. The number of nitrogens with zero attached hydrogens (tertiary/aromatic N) is 1. The minimum atomic E-state index is -0.730. The Morgan fingerprint density at radius 2 is 1.74 bits per heavy atom. The Hall–Kier alpha value is -2.24. The number of likely N-dealkylation sites (N-methyl/N-ethyl adjacent to an activating group) is 1. The van der Waals surface area contributed by atoms with Crippen molar-refractivity contribution >= 4 is 5.91 Å². The average Bonchev–Trinajstić information content (AvgIpc) is 2.71. The minimum absolute atomic E-state index is 0.0218. The van der Waals surface area contributed by atoms with Crippen LogP contribution in [-0.2, 0) is 9.53 Å². The smallest absolute Gasteiger partial charge is 0.222 e. The van der Waals surface area contributed by atoms with Crippen molar-refractivity contribution in [3.63, 3.8) is 0 Å². The van der Waals surface area contributed by atoms with Crippen LogP contribution in [-0.4, -0.2) is 36.1 Å². The van der Waals surface area contributed by atoms with Crippen molar-refractivity contribution < 1.29 is 19.0 Å². The first kappa shape index (κ1) is 21.1. The summed E-state index contributed by atoms with van der Waals surface area (Å²) in [5.41, 5.74) is 1.69. The lowest BCUT2D eigenvalue weighted by molar-refractivity contribution is -0.134. The van der Waals surface area contributed by atoms with Crippen molar-refractivity contribution in [3.8, 4) is 0 Å². The van der Waals surface area contributed by atoms with E-state index in [0.717, 1.165) is 11.1 Å². The quantitative estimate of drug-likeness (QED) is 0.714. The van der Waals surface area contributed by atoms with E-state index in [-0.39, 0.29) is 23.9 Å². The summed E-state index contributed by atoms with van der Waals surface area (Å²) in [6, 6.07) is 15.2. The zero-order chi connectivity index (χ0) is 19.8. The molecule has 2 rings (SSSR count). The molecule has 0 aromatic heterocycles. The van der Waals surface area contributed by atoms with Crippen LogP contribution < -0.4 is 0 Å². The molecule has 0 aliphatic heterocycles. The number of carbonyl (C=O) groups is 1. The van der Waals surface area contributed by atoms with Crippen LogP contribution in [0.5, 0.6) is 0 Å².